The highest BCUT2D eigenvalue weighted by Crippen LogP contribution is 2.35. The van der Waals surface area contributed by atoms with Crippen LogP contribution in [0.2, 0.25) is 0 Å². The summed E-state index contributed by atoms with van der Waals surface area (Å²) < 4.78 is -1.56. The number of alkyl halides is 1. The lowest BCUT2D eigenvalue weighted by Crippen LogP contribution is -2.54. The number of halogens is 1. The van der Waals surface area contributed by atoms with Crippen LogP contribution in [0.25, 0.3) is 0 Å². The SMILES string of the molecule is CCCC(=O)NC1N=C(C)C=C(C)C1(Br)[N+](=O)[O-]. The van der Waals surface area contributed by atoms with Crippen LogP contribution in [-0.2, 0) is 4.79 Å². The number of amides is 1. The van der Waals surface area contributed by atoms with Crippen molar-refractivity contribution in [1.82, 2.24) is 5.32 Å². The van der Waals surface area contributed by atoms with Crippen molar-refractivity contribution in [1.29, 1.82) is 0 Å². The molecule has 0 saturated heterocycles. The summed E-state index contributed by atoms with van der Waals surface area (Å²) in [4.78, 5) is 26.5. The molecule has 7 heteroatoms. The van der Waals surface area contributed by atoms with Crippen LogP contribution >= 0.6 is 15.9 Å². The van der Waals surface area contributed by atoms with Gasteiger partial charge in [0.2, 0.25) is 12.1 Å². The van der Waals surface area contributed by atoms with E-state index in [1.54, 1.807) is 19.9 Å². The van der Waals surface area contributed by atoms with E-state index in [0.717, 1.165) is 0 Å². The van der Waals surface area contributed by atoms with E-state index >= 15 is 0 Å². The Morgan fingerprint density at radius 1 is 1.67 bits per heavy atom. The molecular formula is C11H16BrN3O3. The van der Waals surface area contributed by atoms with Gasteiger partial charge in [0, 0.05) is 38.6 Å². The van der Waals surface area contributed by atoms with Gasteiger partial charge in [-0.2, -0.15) is 0 Å². The number of aliphatic imine (C=N–C) groups is 1. The molecule has 0 saturated carbocycles. The second-order valence-corrected chi connectivity index (χ2v) is 5.46. The fourth-order valence-corrected chi connectivity index (χ4v) is 2.11. The molecule has 1 aliphatic rings. The monoisotopic (exact) mass is 317 g/mol. The highest BCUT2D eigenvalue weighted by molar-refractivity contribution is 9.10. The number of carbonyl (C=O) groups excluding carboxylic acids is 1. The minimum Gasteiger partial charge on any atom is -0.327 e. The van der Waals surface area contributed by atoms with Crippen LogP contribution in [-0.4, -0.2) is 27.2 Å². The molecule has 0 fully saturated rings. The molecule has 0 bridgehead atoms. The Hall–Kier alpha value is -1.24. The standard InChI is InChI=1S/C11H16BrN3O3/c1-4-5-9(16)14-10-11(12,15(17)18)7(2)6-8(3)13-10/h6,10H,4-5H2,1-3H3,(H,14,16). The van der Waals surface area contributed by atoms with E-state index in [9.17, 15) is 14.9 Å². The van der Waals surface area contributed by atoms with Crippen LogP contribution in [0.15, 0.2) is 16.6 Å². The Kier molecular flexibility index (Phi) is 4.61. The molecule has 18 heavy (non-hydrogen) atoms. The molecule has 0 aromatic rings. The smallest absolute Gasteiger partial charge is 0.327 e. The van der Waals surface area contributed by atoms with Gasteiger partial charge in [0.25, 0.3) is 0 Å². The molecule has 2 unspecified atom stereocenters. The molecule has 1 heterocycles. The average Bonchev–Trinajstić information content (AvgIpc) is 2.25. The minimum absolute atomic E-state index is 0.237. The summed E-state index contributed by atoms with van der Waals surface area (Å²) >= 11 is 3.11. The van der Waals surface area contributed by atoms with Gasteiger partial charge in [-0.25, -0.2) is 0 Å². The van der Waals surface area contributed by atoms with E-state index in [1.165, 1.54) is 0 Å². The third kappa shape index (κ3) is 2.77. The molecule has 0 spiro atoms. The molecule has 1 amide bonds. The van der Waals surface area contributed by atoms with E-state index in [1.807, 2.05) is 6.92 Å². The topological polar surface area (TPSA) is 84.6 Å². The van der Waals surface area contributed by atoms with E-state index < -0.39 is 15.5 Å². The molecule has 0 aromatic carbocycles. The number of hydrogen-bond donors (Lipinski definition) is 1. The second-order valence-electron chi connectivity index (χ2n) is 4.25. The lowest BCUT2D eigenvalue weighted by atomic mass is 10.0. The Balaban J connectivity index is 3.03. The first-order valence-corrected chi connectivity index (χ1v) is 6.47. The number of nitro groups is 1. The summed E-state index contributed by atoms with van der Waals surface area (Å²) in [5, 5.41) is 13.8. The predicted molar refractivity (Wildman–Crippen MR) is 72.4 cm³/mol. The molecule has 6 nitrogen and oxygen atoms in total. The molecule has 0 aromatic heterocycles. The van der Waals surface area contributed by atoms with Crippen molar-refractivity contribution < 1.29 is 9.72 Å². The average molecular weight is 318 g/mol. The van der Waals surface area contributed by atoms with Crippen molar-refractivity contribution in [3.63, 3.8) is 0 Å². The van der Waals surface area contributed by atoms with Crippen LogP contribution in [0.5, 0.6) is 0 Å². The van der Waals surface area contributed by atoms with Crippen molar-refractivity contribution in [2.24, 2.45) is 4.99 Å². The fraction of sp³-hybridized carbons (Fsp3) is 0.636. The first-order chi connectivity index (χ1) is 8.32. The van der Waals surface area contributed by atoms with Gasteiger partial charge >= 0.3 is 4.45 Å². The van der Waals surface area contributed by atoms with Crippen molar-refractivity contribution in [3.05, 3.63) is 21.8 Å². The number of nitrogens with zero attached hydrogens (tertiary/aromatic N) is 2. The predicted octanol–water partition coefficient (Wildman–Crippen LogP) is 2.02. The number of nitrogens with one attached hydrogen (secondary N) is 1. The summed E-state index contributed by atoms with van der Waals surface area (Å²) in [6.07, 6.45) is 1.73. The van der Waals surface area contributed by atoms with Crippen LogP contribution < -0.4 is 5.32 Å². The summed E-state index contributed by atoms with van der Waals surface area (Å²) in [6, 6.07) is 0. The number of carbonyl (C=O) groups is 1. The second kappa shape index (κ2) is 5.60. The molecule has 0 radical (unpaired) electrons. The summed E-state index contributed by atoms with van der Waals surface area (Å²) in [5.41, 5.74) is 1.17. The molecule has 0 aliphatic carbocycles. The van der Waals surface area contributed by atoms with E-state index in [0.29, 0.717) is 24.1 Å². The van der Waals surface area contributed by atoms with Crippen molar-refractivity contribution >= 4 is 27.5 Å². The maximum Gasteiger partial charge on any atom is 0.335 e. The largest absolute Gasteiger partial charge is 0.335 e. The minimum atomic E-state index is -1.56. The molecular weight excluding hydrogens is 302 g/mol. The Bertz CT molecular complexity index is 433. The first kappa shape index (κ1) is 14.8. The van der Waals surface area contributed by atoms with E-state index in [2.05, 4.69) is 26.2 Å². The van der Waals surface area contributed by atoms with Gasteiger partial charge in [-0.3, -0.25) is 19.9 Å². The number of rotatable bonds is 4. The highest BCUT2D eigenvalue weighted by atomic mass is 79.9. The lowest BCUT2D eigenvalue weighted by Gasteiger charge is -2.30. The Morgan fingerprint density at radius 3 is 2.78 bits per heavy atom. The quantitative estimate of drug-likeness (QED) is 0.372. The molecule has 1 N–H and O–H groups in total. The molecule has 100 valence electrons. The normalized spacial score (nSPS) is 27.2. The maximum absolute atomic E-state index is 11.6. The molecule has 1 aliphatic heterocycles. The van der Waals surface area contributed by atoms with Crippen molar-refractivity contribution in [2.75, 3.05) is 0 Å². The van der Waals surface area contributed by atoms with Gasteiger partial charge in [-0.05, 0) is 26.3 Å². The number of dihydropyridines is 1. The summed E-state index contributed by atoms with van der Waals surface area (Å²) in [6.45, 7) is 5.26. The van der Waals surface area contributed by atoms with Crippen molar-refractivity contribution in [3.8, 4) is 0 Å². The third-order valence-electron chi connectivity index (χ3n) is 2.71. The van der Waals surface area contributed by atoms with Gasteiger partial charge in [0.1, 0.15) is 0 Å². The van der Waals surface area contributed by atoms with Gasteiger partial charge in [0.15, 0.2) is 0 Å². The van der Waals surface area contributed by atoms with E-state index in [-0.39, 0.29) is 5.91 Å². The molecule has 1 rings (SSSR count). The van der Waals surface area contributed by atoms with Crippen LogP contribution in [0.1, 0.15) is 33.6 Å². The maximum atomic E-state index is 11.6. The zero-order valence-electron chi connectivity index (χ0n) is 10.6. The number of hydrogen-bond acceptors (Lipinski definition) is 4. The summed E-state index contributed by atoms with van der Waals surface area (Å²) in [7, 11) is 0. The van der Waals surface area contributed by atoms with Gasteiger partial charge < -0.3 is 5.32 Å². The molecule has 2 atom stereocenters. The lowest BCUT2D eigenvalue weighted by molar-refractivity contribution is -0.528. The zero-order valence-corrected chi connectivity index (χ0v) is 12.2. The van der Waals surface area contributed by atoms with Gasteiger partial charge in [0.05, 0.1) is 0 Å². The van der Waals surface area contributed by atoms with Crippen LogP contribution in [0, 0.1) is 10.1 Å². The third-order valence-corrected chi connectivity index (χ3v) is 4.06. The summed E-state index contributed by atoms with van der Waals surface area (Å²) in [5.74, 6) is -0.237. The van der Waals surface area contributed by atoms with Crippen LogP contribution in [0.3, 0.4) is 0 Å². The van der Waals surface area contributed by atoms with Crippen LogP contribution in [0.4, 0.5) is 0 Å². The van der Waals surface area contributed by atoms with E-state index in [4.69, 9.17) is 0 Å². The fourth-order valence-electron chi connectivity index (χ4n) is 1.78. The zero-order chi connectivity index (χ0) is 13.9. The highest BCUT2D eigenvalue weighted by Gasteiger charge is 2.52. The first-order valence-electron chi connectivity index (χ1n) is 5.68. The number of allylic oxidation sites excluding steroid dienone is 1. The Morgan fingerprint density at radius 2 is 2.28 bits per heavy atom. The van der Waals surface area contributed by atoms with Crippen molar-refractivity contribution in [2.45, 2.75) is 44.2 Å². The van der Waals surface area contributed by atoms with Gasteiger partial charge in [-0.15, -0.1) is 0 Å². The van der Waals surface area contributed by atoms with Gasteiger partial charge in [-0.1, -0.05) is 6.92 Å². The Labute approximate surface area is 114 Å².